The second kappa shape index (κ2) is 10.8. The van der Waals surface area contributed by atoms with E-state index in [9.17, 15) is 24.3 Å². The lowest BCUT2D eigenvalue weighted by Crippen LogP contribution is -2.25. The van der Waals surface area contributed by atoms with E-state index in [4.69, 9.17) is 16.3 Å². The molecule has 2 amide bonds. The Balaban J connectivity index is 1.82. The van der Waals surface area contributed by atoms with Gasteiger partial charge in [0.25, 0.3) is 17.4 Å². The molecule has 0 radical (unpaired) electrons. The van der Waals surface area contributed by atoms with Crippen LogP contribution in [-0.2, 0) is 6.42 Å². The highest BCUT2D eigenvalue weighted by molar-refractivity contribution is 7.19. The second-order valence-corrected chi connectivity index (χ2v) is 9.29. The van der Waals surface area contributed by atoms with E-state index >= 15 is 0 Å². The van der Waals surface area contributed by atoms with Gasteiger partial charge in [-0.3, -0.25) is 14.4 Å². The van der Waals surface area contributed by atoms with Gasteiger partial charge in [0.05, 0.1) is 18.4 Å². The van der Waals surface area contributed by atoms with Crippen molar-refractivity contribution in [2.45, 2.75) is 19.8 Å². The van der Waals surface area contributed by atoms with E-state index in [0.29, 0.717) is 22.9 Å². The Morgan fingerprint density at radius 3 is 2.59 bits per heavy atom. The number of thiazole rings is 1. The first-order valence-corrected chi connectivity index (χ1v) is 12.3. The number of fused-ring (bicyclic) bond motifs is 1. The smallest absolute Gasteiger partial charge is 0.335 e. The number of ether oxygens (including phenoxy) is 1. The Kier molecular flexibility index (Phi) is 7.55. The van der Waals surface area contributed by atoms with Crippen LogP contribution in [0.2, 0.25) is 5.02 Å². The van der Waals surface area contributed by atoms with Gasteiger partial charge < -0.3 is 20.5 Å². The van der Waals surface area contributed by atoms with Crippen molar-refractivity contribution in [3.63, 3.8) is 0 Å². The Labute approximate surface area is 219 Å². The van der Waals surface area contributed by atoms with Gasteiger partial charge in [-0.15, -0.1) is 0 Å². The molecule has 0 fully saturated rings. The minimum Gasteiger partial charge on any atom is -0.495 e. The van der Waals surface area contributed by atoms with Crippen molar-refractivity contribution in [3.05, 3.63) is 85.7 Å². The average Bonchev–Trinajstić information content (AvgIpc) is 3.25. The standard InChI is InChI=1S/C25H21ClN4O6S/c1-3-5-15-12-19(31)30-20(22(32)27-16-7-4-6-13(10-16)24(34)35)21(37-25(30)28-15)23(33)29-17-11-14(26)8-9-18(17)36-2/h4,6-12H,3,5H2,1-2H3,(H,27,32)(H,29,33)(H,34,35). The number of carbonyl (C=O) groups is 3. The summed E-state index contributed by atoms with van der Waals surface area (Å²) in [5, 5.41) is 14.9. The molecule has 12 heteroatoms. The predicted octanol–water partition coefficient (Wildman–Crippen LogP) is 4.57. The zero-order chi connectivity index (χ0) is 26.7. The van der Waals surface area contributed by atoms with Gasteiger partial charge in [0.15, 0.2) is 4.96 Å². The van der Waals surface area contributed by atoms with Crippen molar-refractivity contribution >= 4 is 57.1 Å². The number of nitrogens with one attached hydrogen (secondary N) is 2. The fourth-order valence-corrected chi connectivity index (χ4v) is 4.86. The molecule has 0 aliphatic carbocycles. The molecule has 3 N–H and O–H groups in total. The van der Waals surface area contributed by atoms with Crippen LogP contribution in [-0.4, -0.2) is 39.4 Å². The van der Waals surface area contributed by atoms with Gasteiger partial charge >= 0.3 is 5.97 Å². The molecule has 190 valence electrons. The van der Waals surface area contributed by atoms with Crippen LogP contribution in [0.3, 0.4) is 0 Å². The van der Waals surface area contributed by atoms with Crippen LogP contribution in [0.4, 0.5) is 11.4 Å². The Morgan fingerprint density at radius 1 is 1.11 bits per heavy atom. The number of halogens is 1. The Morgan fingerprint density at radius 2 is 1.89 bits per heavy atom. The van der Waals surface area contributed by atoms with Gasteiger partial charge in [-0.1, -0.05) is 42.3 Å². The normalized spacial score (nSPS) is 10.8. The van der Waals surface area contributed by atoms with Gasteiger partial charge in [-0.05, 0) is 42.8 Å². The van der Waals surface area contributed by atoms with Gasteiger partial charge in [0.2, 0.25) is 0 Å². The SMILES string of the molecule is CCCc1cc(=O)n2c(C(=O)Nc3cccc(C(=O)O)c3)c(C(=O)Nc3cc(Cl)ccc3OC)sc2n1. The van der Waals surface area contributed by atoms with E-state index in [1.807, 2.05) is 6.92 Å². The lowest BCUT2D eigenvalue weighted by molar-refractivity contribution is 0.0696. The molecular formula is C25H21ClN4O6S. The van der Waals surface area contributed by atoms with E-state index in [1.54, 1.807) is 12.1 Å². The largest absolute Gasteiger partial charge is 0.495 e. The van der Waals surface area contributed by atoms with Gasteiger partial charge in [-0.25, -0.2) is 14.2 Å². The highest BCUT2D eigenvalue weighted by Gasteiger charge is 2.27. The van der Waals surface area contributed by atoms with Crippen LogP contribution < -0.4 is 20.9 Å². The number of amides is 2. The third kappa shape index (κ3) is 5.47. The molecule has 2 heterocycles. The number of hydrogen-bond acceptors (Lipinski definition) is 7. The number of carbonyl (C=O) groups excluding carboxylic acids is 2. The summed E-state index contributed by atoms with van der Waals surface area (Å²) in [7, 11) is 1.43. The number of methoxy groups -OCH3 is 1. The molecule has 37 heavy (non-hydrogen) atoms. The molecule has 0 saturated heterocycles. The van der Waals surface area contributed by atoms with E-state index in [1.165, 1.54) is 43.5 Å². The fraction of sp³-hybridized carbons (Fsp3) is 0.160. The van der Waals surface area contributed by atoms with Crippen LogP contribution >= 0.6 is 22.9 Å². The maximum atomic E-state index is 13.4. The van der Waals surface area contributed by atoms with Crippen molar-refractivity contribution in [2.24, 2.45) is 0 Å². The molecule has 0 saturated carbocycles. The minimum atomic E-state index is -1.17. The van der Waals surface area contributed by atoms with Crippen LogP contribution in [0, 0.1) is 0 Å². The molecule has 0 aliphatic rings. The molecule has 0 bridgehead atoms. The summed E-state index contributed by atoms with van der Waals surface area (Å²) in [6.07, 6.45) is 1.30. The minimum absolute atomic E-state index is 0.0398. The summed E-state index contributed by atoms with van der Waals surface area (Å²) in [5.41, 5.74) is 0.189. The van der Waals surface area contributed by atoms with Crippen LogP contribution in [0.1, 0.15) is 49.6 Å². The van der Waals surface area contributed by atoms with E-state index in [0.717, 1.165) is 22.2 Å². The molecule has 2 aromatic carbocycles. The van der Waals surface area contributed by atoms with Crippen molar-refractivity contribution < 1.29 is 24.2 Å². The summed E-state index contributed by atoms with van der Waals surface area (Å²) >= 11 is 6.96. The molecule has 10 nitrogen and oxygen atoms in total. The topological polar surface area (TPSA) is 139 Å². The summed E-state index contributed by atoms with van der Waals surface area (Å²) < 4.78 is 6.35. The number of carboxylic acid groups (broad SMARTS) is 1. The number of carboxylic acids is 1. The number of aryl methyl sites for hydroxylation is 1. The molecule has 0 unspecified atom stereocenters. The van der Waals surface area contributed by atoms with Gasteiger partial charge in [0, 0.05) is 22.5 Å². The molecule has 0 atom stereocenters. The van der Waals surface area contributed by atoms with E-state index in [2.05, 4.69) is 15.6 Å². The van der Waals surface area contributed by atoms with Gasteiger partial charge in [-0.2, -0.15) is 0 Å². The van der Waals surface area contributed by atoms with Crippen molar-refractivity contribution in [1.82, 2.24) is 9.38 Å². The van der Waals surface area contributed by atoms with Crippen LogP contribution in [0.25, 0.3) is 4.96 Å². The molecular weight excluding hydrogens is 520 g/mol. The quantitative estimate of drug-likeness (QED) is 0.297. The lowest BCUT2D eigenvalue weighted by atomic mass is 10.2. The summed E-state index contributed by atoms with van der Waals surface area (Å²) in [5.74, 6) is -2.30. The first-order valence-electron chi connectivity index (χ1n) is 11.1. The Hall–Kier alpha value is -4.22. The van der Waals surface area contributed by atoms with Crippen LogP contribution in [0.5, 0.6) is 5.75 Å². The molecule has 0 aliphatic heterocycles. The van der Waals surface area contributed by atoms with Gasteiger partial charge in [0.1, 0.15) is 16.3 Å². The maximum absolute atomic E-state index is 13.4. The molecule has 4 aromatic rings. The molecule has 0 spiro atoms. The first-order chi connectivity index (χ1) is 17.7. The monoisotopic (exact) mass is 540 g/mol. The number of aromatic nitrogens is 2. The fourth-order valence-electron chi connectivity index (χ4n) is 3.64. The lowest BCUT2D eigenvalue weighted by Gasteiger charge is -2.11. The first kappa shape index (κ1) is 25.9. The highest BCUT2D eigenvalue weighted by Crippen LogP contribution is 2.30. The van der Waals surface area contributed by atoms with E-state index < -0.39 is 23.3 Å². The number of hydrogen-bond donors (Lipinski definition) is 3. The number of nitrogens with zero attached hydrogens (tertiary/aromatic N) is 2. The summed E-state index contributed by atoms with van der Waals surface area (Å²) in [4.78, 5) is 55.8. The number of aromatic carboxylic acids is 1. The number of benzene rings is 2. The van der Waals surface area contributed by atoms with Crippen molar-refractivity contribution in [3.8, 4) is 5.75 Å². The average molecular weight is 541 g/mol. The van der Waals surface area contributed by atoms with E-state index in [-0.39, 0.29) is 32.5 Å². The van der Waals surface area contributed by atoms with Crippen molar-refractivity contribution in [2.75, 3.05) is 17.7 Å². The highest BCUT2D eigenvalue weighted by atomic mass is 35.5. The second-order valence-electron chi connectivity index (χ2n) is 7.87. The predicted molar refractivity (Wildman–Crippen MR) is 141 cm³/mol. The van der Waals surface area contributed by atoms with Crippen LogP contribution in [0.15, 0.2) is 53.3 Å². The molecule has 2 aromatic heterocycles. The zero-order valence-corrected chi connectivity index (χ0v) is 21.3. The number of rotatable bonds is 8. The summed E-state index contributed by atoms with van der Waals surface area (Å²) in [6, 6.07) is 11.6. The van der Waals surface area contributed by atoms with Crippen molar-refractivity contribution in [1.29, 1.82) is 0 Å². The summed E-state index contributed by atoms with van der Waals surface area (Å²) in [6.45, 7) is 1.94. The zero-order valence-electron chi connectivity index (χ0n) is 19.7. The molecule has 4 rings (SSSR count). The maximum Gasteiger partial charge on any atom is 0.335 e. The number of anilines is 2. The third-order valence-corrected chi connectivity index (χ3v) is 6.55. The third-order valence-electron chi connectivity index (χ3n) is 5.28. The Bertz CT molecular complexity index is 1600.